The van der Waals surface area contributed by atoms with Crippen LogP contribution in [0.2, 0.25) is 0 Å². The van der Waals surface area contributed by atoms with Gasteiger partial charge < -0.3 is 15.2 Å². The van der Waals surface area contributed by atoms with E-state index in [9.17, 15) is 18.0 Å². The second-order valence-corrected chi connectivity index (χ2v) is 6.28. The Morgan fingerprint density at radius 2 is 2.15 bits per heavy atom. The van der Waals surface area contributed by atoms with Gasteiger partial charge in [0.15, 0.2) is 0 Å². The first-order chi connectivity index (χ1) is 9.30. The summed E-state index contributed by atoms with van der Waals surface area (Å²) in [5, 5.41) is 11.0. The molecule has 1 heterocycles. The summed E-state index contributed by atoms with van der Waals surface area (Å²) in [4.78, 5) is 22.2. The largest absolute Gasteiger partial charge is 0.481 e. The van der Waals surface area contributed by atoms with Crippen molar-refractivity contribution in [2.24, 2.45) is 0 Å². The van der Waals surface area contributed by atoms with Crippen molar-refractivity contribution in [1.29, 1.82) is 0 Å². The standard InChI is InChI=1S/C10H19N3O6S/c1-11-10(16)8-7-19-6-5-13(8)20(17,18)12(2)4-3-9(14)15/h8H,3-7H2,1-2H3,(H,11,16)(H,14,15). The Bertz CT molecular complexity index is 466. The zero-order valence-corrected chi connectivity index (χ0v) is 12.2. The first-order valence-electron chi connectivity index (χ1n) is 6.05. The summed E-state index contributed by atoms with van der Waals surface area (Å²) in [6, 6.07) is -0.939. The van der Waals surface area contributed by atoms with Gasteiger partial charge in [-0.1, -0.05) is 0 Å². The van der Waals surface area contributed by atoms with Gasteiger partial charge in [0.2, 0.25) is 5.91 Å². The minimum atomic E-state index is -3.90. The zero-order valence-electron chi connectivity index (χ0n) is 11.4. The van der Waals surface area contributed by atoms with Crippen molar-refractivity contribution in [3.63, 3.8) is 0 Å². The SMILES string of the molecule is CNC(=O)C1COCCN1S(=O)(=O)N(C)CCC(=O)O. The molecule has 0 spiro atoms. The fourth-order valence-corrected chi connectivity index (χ4v) is 3.25. The van der Waals surface area contributed by atoms with Gasteiger partial charge in [0.1, 0.15) is 6.04 Å². The van der Waals surface area contributed by atoms with E-state index >= 15 is 0 Å². The van der Waals surface area contributed by atoms with Gasteiger partial charge in [-0.2, -0.15) is 17.0 Å². The minimum absolute atomic E-state index is 0.0221. The summed E-state index contributed by atoms with van der Waals surface area (Å²) in [5.41, 5.74) is 0. The maximum absolute atomic E-state index is 12.4. The second kappa shape index (κ2) is 6.97. The molecule has 10 heteroatoms. The number of aliphatic carboxylic acids is 1. The summed E-state index contributed by atoms with van der Waals surface area (Å²) in [5.74, 6) is -1.54. The second-order valence-electron chi connectivity index (χ2n) is 4.29. The number of carbonyl (C=O) groups is 2. The molecule has 1 saturated heterocycles. The molecule has 1 aliphatic rings. The van der Waals surface area contributed by atoms with Crippen LogP contribution in [-0.2, 0) is 24.5 Å². The lowest BCUT2D eigenvalue weighted by Crippen LogP contribution is -2.58. The summed E-state index contributed by atoms with van der Waals surface area (Å²) in [6.45, 7) is 0.0679. The van der Waals surface area contributed by atoms with Gasteiger partial charge in [-0.3, -0.25) is 9.59 Å². The highest BCUT2D eigenvalue weighted by atomic mass is 32.2. The number of morpholine rings is 1. The Morgan fingerprint density at radius 3 is 2.70 bits per heavy atom. The fraction of sp³-hybridized carbons (Fsp3) is 0.800. The molecule has 1 rings (SSSR count). The van der Waals surface area contributed by atoms with E-state index in [0.29, 0.717) is 0 Å². The minimum Gasteiger partial charge on any atom is -0.481 e. The van der Waals surface area contributed by atoms with Crippen LogP contribution in [0.25, 0.3) is 0 Å². The van der Waals surface area contributed by atoms with Crippen molar-refractivity contribution in [2.75, 3.05) is 40.4 Å². The summed E-state index contributed by atoms with van der Waals surface area (Å²) >= 11 is 0. The molecule has 1 amide bonds. The molecule has 9 nitrogen and oxygen atoms in total. The molecule has 20 heavy (non-hydrogen) atoms. The lowest BCUT2D eigenvalue weighted by molar-refractivity contribution is -0.137. The molecule has 1 unspecified atom stereocenters. The molecule has 2 N–H and O–H groups in total. The third kappa shape index (κ3) is 3.88. The Hall–Kier alpha value is -1.23. The highest BCUT2D eigenvalue weighted by Crippen LogP contribution is 2.15. The highest BCUT2D eigenvalue weighted by Gasteiger charge is 2.39. The molecule has 1 fully saturated rings. The van der Waals surface area contributed by atoms with Gasteiger partial charge >= 0.3 is 5.97 Å². The maximum atomic E-state index is 12.4. The van der Waals surface area contributed by atoms with Gasteiger partial charge in [0.25, 0.3) is 10.2 Å². The normalized spacial score (nSPS) is 20.9. The zero-order chi connectivity index (χ0) is 15.3. The van der Waals surface area contributed by atoms with Crippen molar-refractivity contribution in [2.45, 2.75) is 12.5 Å². The number of rotatable bonds is 6. The average Bonchev–Trinajstić information content (AvgIpc) is 2.43. The molecule has 0 aliphatic carbocycles. The van der Waals surface area contributed by atoms with Gasteiger partial charge in [-0.25, -0.2) is 0 Å². The van der Waals surface area contributed by atoms with Gasteiger partial charge in [0, 0.05) is 27.2 Å². The third-order valence-corrected chi connectivity index (χ3v) is 4.96. The Labute approximate surface area is 117 Å². The van der Waals surface area contributed by atoms with E-state index in [0.717, 1.165) is 8.61 Å². The van der Waals surface area contributed by atoms with E-state index in [-0.39, 0.29) is 32.7 Å². The first-order valence-corrected chi connectivity index (χ1v) is 7.44. The van der Waals surface area contributed by atoms with Gasteiger partial charge in [-0.05, 0) is 0 Å². The third-order valence-electron chi connectivity index (χ3n) is 2.96. The van der Waals surface area contributed by atoms with Crippen LogP contribution in [0.15, 0.2) is 0 Å². The lowest BCUT2D eigenvalue weighted by atomic mass is 10.2. The van der Waals surface area contributed by atoms with E-state index in [1.165, 1.54) is 14.1 Å². The van der Waals surface area contributed by atoms with Crippen LogP contribution in [0.3, 0.4) is 0 Å². The number of ether oxygens (including phenoxy) is 1. The molecule has 1 aliphatic heterocycles. The summed E-state index contributed by atoms with van der Waals surface area (Å²) in [6.07, 6.45) is -0.301. The van der Waals surface area contributed by atoms with Crippen LogP contribution in [0.4, 0.5) is 0 Å². The number of amides is 1. The predicted molar refractivity (Wildman–Crippen MR) is 69.2 cm³/mol. The summed E-state index contributed by atoms with van der Waals surface area (Å²) < 4.78 is 31.8. The molecule has 0 aromatic rings. The fourth-order valence-electron chi connectivity index (χ4n) is 1.79. The predicted octanol–water partition coefficient (Wildman–Crippen LogP) is -1.92. The quantitative estimate of drug-likeness (QED) is 0.591. The van der Waals surface area contributed by atoms with Crippen molar-refractivity contribution >= 4 is 22.1 Å². The van der Waals surface area contributed by atoms with Crippen LogP contribution in [0, 0.1) is 0 Å². The monoisotopic (exact) mass is 309 g/mol. The van der Waals surface area contributed by atoms with Gasteiger partial charge in [0.05, 0.1) is 19.6 Å². The van der Waals surface area contributed by atoms with Crippen LogP contribution < -0.4 is 5.32 Å². The molecule has 0 bridgehead atoms. The highest BCUT2D eigenvalue weighted by molar-refractivity contribution is 7.86. The molecule has 0 aromatic heterocycles. The van der Waals surface area contributed by atoms with Crippen molar-refractivity contribution in [3.05, 3.63) is 0 Å². The number of likely N-dealkylation sites (N-methyl/N-ethyl adjacent to an activating group) is 1. The number of nitrogens with one attached hydrogen (secondary N) is 1. The van der Waals surface area contributed by atoms with Crippen LogP contribution in [0.1, 0.15) is 6.42 Å². The van der Waals surface area contributed by atoms with Gasteiger partial charge in [-0.15, -0.1) is 0 Å². The van der Waals surface area contributed by atoms with E-state index in [1.54, 1.807) is 0 Å². The van der Waals surface area contributed by atoms with E-state index < -0.39 is 28.1 Å². The van der Waals surface area contributed by atoms with Crippen molar-refractivity contribution in [3.8, 4) is 0 Å². The van der Waals surface area contributed by atoms with Crippen LogP contribution in [0.5, 0.6) is 0 Å². The molecule has 1 atom stereocenters. The summed E-state index contributed by atoms with van der Waals surface area (Å²) in [7, 11) is -1.20. The van der Waals surface area contributed by atoms with Crippen molar-refractivity contribution < 1.29 is 27.9 Å². The van der Waals surface area contributed by atoms with E-state index in [1.807, 2.05) is 0 Å². The number of nitrogens with zero attached hydrogens (tertiary/aromatic N) is 2. The molecular weight excluding hydrogens is 290 g/mol. The van der Waals surface area contributed by atoms with E-state index in [4.69, 9.17) is 9.84 Å². The Morgan fingerprint density at radius 1 is 1.50 bits per heavy atom. The van der Waals surface area contributed by atoms with Crippen LogP contribution >= 0.6 is 0 Å². The number of hydrogen-bond donors (Lipinski definition) is 2. The number of carbonyl (C=O) groups excluding carboxylic acids is 1. The molecular formula is C10H19N3O6S. The maximum Gasteiger partial charge on any atom is 0.304 e. The molecule has 0 saturated carbocycles. The average molecular weight is 309 g/mol. The van der Waals surface area contributed by atoms with Crippen molar-refractivity contribution in [1.82, 2.24) is 13.9 Å². The molecule has 0 aromatic carbocycles. The van der Waals surface area contributed by atoms with E-state index in [2.05, 4.69) is 5.32 Å². The Kier molecular flexibility index (Phi) is 5.87. The smallest absolute Gasteiger partial charge is 0.304 e. The van der Waals surface area contributed by atoms with Crippen LogP contribution in [-0.4, -0.2) is 80.5 Å². The topological polar surface area (TPSA) is 116 Å². The Balaban J connectivity index is 2.86. The number of carboxylic acid groups (broad SMARTS) is 1. The number of hydrogen-bond acceptors (Lipinski definition) is 5. The lowest BCUT2D eigenvalue weighted by Gasteiger charge is -2.35. The molecule has 116 valence electrons. The first kappa shape index (κ1) is 16.8. The molecule has 0 radical (unpaired) electrons. The number of carboxylic acids is 1.